The van der Waals surface area contributed by atoms with E-state index in [2.05, 4.69) is 28.9 Å². The van der Waals surface area contributed by atoms with E-state index in [-0.39, 0.29) is 0 Å². The minimum absolute atomic E-state index is 0.416. The summed E-state index contributed by atoms with van der Waals surface area (Å²) < 4.78 is 6.62. The maximum atomic E-state index is 5.30. The normalized spacial score (nSPS) is 25.9. The molecule has 1 aliphatic rings. The number of ether oxygens (including phenoxy) is 1. The van der Waals surface area contributed by atoms with Crippen LogP contribution < -0.4 is 0 Å². The highest BCUT2D eigenvalue weighted by molar-refractivity contribution is 9.12. The van der Waals surface area contributed by atoms with E-state index in [9.17, 15) is 0 Å². The van der Waals surface area contributed by atoms with Gasteiger partial charge in [-0.2, -0.15) is 0 Å². The Kier molecular flexibility index (Phi) is 2.93. The second-order valence-corrected chi connectivity index (χ2v) is 3.56. The van der Waals surface area contributed by atoms with Gasteiger partial charge in [-0.3, -0.25) is 0 Å². The second kappa shape index (κ2) is 3.54. The first kappa shape index (κ1) is 8.28. The summed E-state index contributed by atoms with van der Waals surface area (Å²) in [5.74, 6) is 0.588. The van der Waals surface area contributed by atoms with Crippen LogP contribution in [0.3, 0.4) is 0 Å². The Labute approximate surface area is 70.6 Å². The predicted molar refractivity (Wildman–Crippen MR) is 46.2 cm³/mol. The summed E-state index contributed by atoms with van der Waals surface area (Å²) in [6.45, 7) is 2.18. The van der Waals surface area contributed by atoms with Crippen molar-refractivity contribution in [3.63, 3.8) is 0 Å². The van der Waals surface area contributed by atoms with Crippen molar-refractivity contribution in [2.45, 2.75) is 25.9 Å². The monoisotopic (exact) mass is 204 g/mol. The summed E-state index contributed by atoms with van der Waals surface area (Å²) in [6, 6.07) is 0. The van der Waals surface area contributed by atoms with Gasteiger partial charge in [-0.05, 0) is 6.42 Å². The Balaban J connectivity index is 2.22. The lowest BCUT2D eigenvalue weighted by Gasteiger charge is -2.12. The number of hydrogen-bond donors (Lipinski definition) is 0. The molecule has 0 amide bonds. The third-order valence-electron chi connectivity index (χ3n) is 1.82. The zero-order chi connectivity index (χ0) is 7.56. The highest BCUT2D eigenvalue weighted by Crippen LogP contribution is 2.39. The van der Waals surface area contributed by atoms with Crippen molar-refractivity contribution in [3.05, 3.63) is 10.6 Å². The molecule has 0 aromatic heterocycles. The van der Waals surface area contributed by atoms with Crippen LogP contribution in [0.1, 0.15) is 19.8 Å². The van der Waals surface area contributed by atoms with Crippen LogP contribution in [0.25, 0.3) is 0 Å². The van der Waals surface area contributed by atoms with Crippen LogP contribution in [-0.2, 0) is 4.74 Å². The molecule has 2 atom stereocenters. The highest BCUT2D eigenvalue weighted by atomic mass is 79.9. The first-order chi connectivity index (χ1) is 4.79. The largest absolute Gasteiger partial charge is 0.380 e. The van der Waals surface area contributed by atoms with Crippen molar-refractivity contribution in [1.82, 2.24) is 0 Å². The van der Waals surface area contributed by atoms with Crippen LogP contribution in [0.15, 0.2) is 10.6 Å². The smallest absolute Gasteiger partial charge is 0.0679 e. The molecule has 10 heavy (non-hydrogen) atoms. The van der Waals surface area contributed by atoms with Gasteiger partial charge in [0, 0.05) is 17.5 Å². The number of halogens is 1. The van der Waals surface area contributed by atoms with E-state index in [0.717, 1.165) is 6.42 Å². The topological polar surface area (TPSA) is 9.23 Å². The first-order valence-electron chi connectivity index (χ1n) is 3.69. The van der Waals surface area contributed by atoms with Crippen molar-refractivity contribution in [3.8, 4) is 0 Å². The fraction of sp³-hybridized carbons (Fsp3) is 0.750. The molecule has 0 spiro atoms. The van der Waals surface area contributed by atoms with Gasteiger partial charge in [0.2, 0.25) is 0 Å². The molecule has 0 aromatic carbocycles. The van der Waals surface area contributed by atoms with Crippen LogP contribution in [-0.4, -0.2) is 13.2 Å². The fourth-order valence-corrected chi connectivity index (χ4v) is 1.72. The van der Waals surface area contributed by atoms with Gasteiger partial charge in [-0.15, -0.1) is 0 Å². The zero-order valence-corrected chi connectivity index (χ0v) is 8.02. The van der Waals surface area contributed by atoms with E-state index in [1.165, 1.54) is 10.9 Å². The zero-order valence-electron chi connectivity index (χ0n) is 6.43. The molecule has 58 valence electrons. The molecule has 0 N–H and O–H groups in total. The Morgan fingerprint density at radius 2 is 2.40 bits per heavy atom. The fourth-order valence-electron chi connectivity index (χ4n) is 1.14. The van der Waals surface area contributed by atoms with Gasteiger partial charge in [-0.1, -0.05) is 35.4 Å². The summed E-state index contributed by atoms with van der Waals surface area (Å²) in [6.07, 6.45) is 4.97. The van der Waals surface area contributed by atoms with E-state index < -0.39 is 0 Å². The molecule has 0 bridgehead atoms. The van der Waals surface area contributed by atoms with Crippen LogP contribution in [0.5, 0.6) is 0 Å². The van der Waals surface area contributed by atoms with E-state index in [1.807, 2.05) is 0 Å². The van der Waals surface area contributed by atoms with E-state index in [1.54, 1.807) is 7.11 Å². The van der Waals surface area contributed by atoms with Crippen LogP contribution in [0, 0.1) is 5.92 Å². The Morgan fingerprint density at radius 3 is 2.70 bits per heavy atom. The summed E-state index contributed by atoms with van der Waals surface area (Å²) in [7, 11) is 1.78. The van der Waals surface area contributed by atoms with E-state index >= 15 is 0 Å². The van der Waals surface area contributed by atoms with Gasteiger partial charge in [0.1, 0.15) is 0 Å². The molecule has 0 aromatic rings. The summed E-state index contributed by atoms with van der Waals surface area (Å²) in [5, 5.41) is 0. The maximum Gasteiger partial charge on any atom is 0.0679 e. The molecule has 0 saturated heterocycles. The van der Waals surface area contributed by atoms with Crippen molar-refractivity contribution >= 4 is 15.9 Å². The number of rotatable bonds is 4. The molecule has 2 heteroatoms. The quantitative estimate of drug-likeness (QED) is 0.685. The van der Waals surface area contributed by atoms with E-state index in [4.69, 9.17) is 4.74 Å². The van der Waals surface area contributed by atoms with Crippen LogP contribution in [0.2, 0.25) is 0 Å². The molecule has 0 aliphatic heterocycles. The molecule has 1 rings (SSSR count). The van der Waals surface area contributed by atoms with Crippen LogP contribution in [0.4, 0.5) is 0 Å². The van der Waals surface area contributed by atoms with Gasteiger partial charge in [-0.25, -0.2) is 0 Å². The Bertz CT molecular complexity index is 142. The van der Waals surface area contributed by atoms with Crippen molar-refractivity contribution in [1.29, 1.82) is 0 Å². The summed E-state index contributed by atoms with van der Waals surface area (Å²) >= 11 is 3.44. The number of hydrogen-bond acceptors (Lipinski definition) is 1. The molecule has 2 unspecified atom stereocenters. The average molecular weight is 205 g/mol. The number of methoxy groups -OCH3 is 1. The highest BCUT2D eigenvalue weighted by Gasteiger charge is 2.30. The lowest BCUT2D eigenvalue weighted by Crippen LogP contribution is -2.13. The molecule has 0 saturated carbocycles. The average Bonchev–Trinajstić information content (AvgIpc) is 2.62. The third kappa shape index (κ3) is 1.83. The Hall–Kier alpha value is 0.180. The minimum atomic E-state index is 0.416. The maximum absolute atomic E-state index is 5.30. The lowest BCUT2D eigenvalue weighted by atomic mass is 10.1. The van der Waals surface area contributed by atoms with Gasteiger partial charge in [0.25, 0.3) is 0 Å². The lowest BCUT2D eigenvalue weighted by molar-refractivity contribution is 0.0830. The first-order valence-corrected chi connectivity index (χ1v) is 4.49. The van der Waals surface area contributed by atoms with Crippen LogP contribution >= 0.6 is 15.9 Å². The Morgan fingerprint density at radius 1 is 1.80 bits per heavy atom. The molecule has 1 aliphatic carbocycles. The van der Waals surface area contributed by atoms with Crippen molar-refractivity contribution < 1.29 is 4.74 Å². The van der Waals surface area contributed by atoms with Gasteiger partial charge >= 0.3 is 0 Å². The molecule has 0 radical (unpaired) electrons. The van der Waals surface area contributed by atoms with Gasteiger partial charge in [0.15, 0.2) is 0 Å². The SMILES string of the molecule is CCCC(OC)C1C=C1Br. The standard InChI is InChI=1S/C8H13BrO/c1-3-4-8(10-2)6-5-7(6)9/h5-6,8H,3-4H2,1-2H3. The molecule has 1 nitrogen and oxygen atoms in total. The molecule has 0 fully saturated rings. The van der Waals surface area contributed by atoms with Crippen molar-refractivity contribution in [2.75, 3.05) is 7.11 Å². The summed E-state index contributed by atoms with van der Waals surface area (Å²) in [4.78, 5) is 0. The minimum Gasteiger partial charge on any atom is -0.380 e. The van der Waals surface area contributed by atoms with Gasteiger partial charge in [0.05, 0.1) is 6.10 Å². The second-order valence-electron chi connectivity index (χ2n) is 2.64. The molecular weight excluding hydrogens is 192 g/mol. The predicted octanol–water partition coefficient (Wildman–Crippen LogP) is 2.71. The molecular formula is C8H13BrO. The molecule has 0 heterocycles. The third-order valence-corrected chi connectivity index (χ3v) is 2.62. The van der Waals surface area contributed by atoms with E-state index in [0.29, 0.717) is 12.0 Å². The van der Waals surface area contributed by atoms with Gasteiger partial charge < -0.3 is 4.74 Å². The summed E-state index contributed by atoms with van der Waals surface area (Å²) in [5.41, 5.74) is 0. The van der Waals surface area contributed by atoms with Crippen molar-refractivity contribution in [2.24, 2.45) is 5.92 Å².